The largest absolute Gasteiger partial charge is 0.385 e. The molecule has 0 spiro atoms. The van der Waals surface area contributed by atoms with E-state index in [1.165, 1.54) is 0 Å². The van der Waals surface area contributed by atoms with E-state index in [1.807, 2.05) is 35.9 Å². The Kier molecular flexibility index (Phi) is 3.77. The van der Waals surface area contributed by atoms with Crippen molar-refractivity contribution in [3.63, 3.8) is 0 Å². The van der Waals surface area contributed by atoms with Crippen LogP contribution in [0, 0.1) is 0 Å². The van der Waals surface area contributed by atoms with Gasteiger partial charge in [0.1, 0.15) is 6.10 Å². The first kappa shape index (κ1) is 12.8. The predicted molar refractivity (Wildman–Crippen MR) is 70.4 cm³/mol. The van der Waals surface area contributed by atoms with E-state index in [1.54, 1.807) is 6.92 Å². The summed E-state index contributed by atoms with van der Waals surface area (Å²) in [6.45, 7) is 4.59. The molecule has 0 saturated heterocycles. The molecule has 2 rings (SSSR count). The maximum absolute atomic E-state index is 11.8. The first-order valence-corrected chi connectivity index (χ1v) is 6.32. The van der Waals surface area contributed by atoms with Crippen molar-refractivity contribution in [2.75, 3.05) is 0 Å². The summed E-state index contributed by atoms with van der Waals surface area (Å²) in [5.41, 5.74) is 1.79. The number of aliphatic hydroxyl groups excluding tert-OH is 1. The average molecular weight is 246 g/mol. The summed E-state index contributed by atoms with van der Waals surface area (Å²) in [5.74, 6) is -0.163. The number of rotatable bonds is 5. The summed E-state index contributed by atoms with van der Waals surface area (Å²) in [5, 5.41) is 15.0. The number of benzene rings is 1. The standard InChI is InChI=1S/C14H18N2O2/c1-3-13(17)14(18)9-11-10-7-5-6-8-12(10)16(4-2)15-11/h5-8,13,17H,3-4,9H2,1-2H3. The Morgan fingerprint density at radius 1 is 1.39 bits per heavy atom. The third-order valence-corrected chi connectivity index (χ3v) is 3.13. The topological polar surface area (TPSA) is 55.1 Å². The summed E-state index contributed by atoms with van der Waals surface area (Å²) in [6, 6.07) is 7.86. The molecule has 0 amide bonds. The zero-order valence-electron chi connectivity index (χ0n) is 10.8. The maximum atomic E-state index is 11.8. The Hall–Kier alpha value is -1.68. The van der Waals surface area contributed by atoms with Crippen LogP contribution in [0.5, 0.6) is 0 Å². The lowest BCUT2D eigenvalue weighted by atomic mass is 10.1. The summed E-state index contributed by atoms with van der Waals surface area (Å²) in [4.78, 5) is 11.8. The van der Waals surface area contributed by atoms with E-state index in [4.69, 9.17) is 0 Å². The second-order valence-electron chi connectivity index (χ2n) is 4.35. The van der Waals surface area contributed by atoms with Crippen molar-refractivity contribution in [2.45, 2.75) is 39.3 Å². The zero-order valence-corrected chi connectivity index (χ0v) is 10.8. The first-order chi connectivity index (χ1) is 8.67. The van der Waals surface area contributed by atoms with Gasteiger partial charge in [-0.2, -0.15) is 5.10 Å². The summed E-state index contributed by atoms with van der Waals surface area (Å²) in [6.07, 6.45) is -0.233. The van der Waals surface area contributed by atoms with E-state index in [9.17, 15) is 9.90 Å². The van der Waals surface area contributed by atoms with Crippen molar-refractivity contribution in [2.24, 2.45) is 0 Å². The molecule has 0 aliphatic carbocycles. The number of carbonyl (C=O) groups is 1. The number of nitrogens with zero attached hydrogens (tertiary/aromatic N) is 2. The van der Waals surface area contributed by atoms with Crippen LogP contribution in [0.3, 0.4) is 0 Å². The lowest BCUT2D eigenvalue weighted by Gasteiger charge is -2.04. The molecule has 1 unspecified atom stereocenters. The first-order valence-electron chi connectivity index (χ1n) is 6.32. The van der Waals surface area contributed by atoms with Gasteiger partial charge in [-0.15, -0.1) is 0 Å². The number of hydrogen-bond donors (Lipinski definition) is 1. The number of ketones is 1. The summed E-state index contributed by atoms with van der Waals surface area (Å²) < 4.78 is 1.89. The minimum Gasteiger partial charge on any atom is -0.385 e. The molecule has 2 aromatic rings. The monoisotopic (exact) mass is 246 g/mol. The molecule has 0 radical (unpaired) electrons. The second kappa shape index (κ2) is 5.31. The number of carbonyl (C=O) groups excluding carboxylic acids is 1. The van der Waals surface area contributed by atoms with Gasteiger partial charge in [0.2, 0.25) is 0 Å². The van der Waals surface area contributed by atoms with E-state index in [0.717, 1.165) is 23.1 Å². The van der Waals surface area contributed by atoms with Crippen molar-refractivity contribution in [1.29, 1.82) is 0 Å². The van der Waals surface area contributed by atoms with Gasteiger partial charge >= 0.3 is 0 Å². The second-order valence-corrected chi connectivity index (χ2v) is 4.35. The normalized spacial score (nSPS) is 12.8. The molecule has 4 heteroatoms. The van der Waals surface area contributed by atoms with E-state index in [0.29, 0.717) is 6.42 Å². The van der Waals surface area contributed by atoms with Gasteiger partial charge in [0.15, 0.2) is 5.78 Å². The Balaban J connectivity index is 2.36. The summed E-state index contributed by atoms with van der Waals surface area (Å²) >= 11 is 0. The molecule has 1 heterocycles. The Morgan fingerprint density at radius 2 is 2.11 bits per heavy atom. The number of Topliss-reactive ketones (excluding diaryl/α,β-unsaturated/α-hetero) is 1. The van der Waals surface area contributed by atoms with Crippen LogP contribution in [-0.4, -0.2) is 26.8 Å². The molecule has 96 valence electrons. The highest BCUT2D eigenvalue weighted by molar-refractivity contribution is 5.90. The van der Waals surface area contributed by atoms with Gasteiger partial charge in [0.25, 0.3) is 0 Å². The fraction of sp³-hybridized carbons (Fsp3) is 0.429. The van der Waals surface area contributed by atoms with Crippen molar-refractivity contribution in [3.8, 4) is 0 Å². The highest BCUT2D eigenvalue weighted by atomic mass is 16.3. The molecular formula is C14H18N2O2. The van der Waals surface area contributed by atoms with E-state index < -0.39 is 6.10 Å². The quantitative estimate of drug-likeness (QED) is 0.877. The smallest absolute Gasteiger partial charge is 0.167 e. The van der Waals surface area contributed by atoms with Gasteiger partial charge in [0, 0.05) is 11.9 Å². The Labute approximate surface area is 106 Å². The van der Waals surface area contributed by atoms with Crippen LogP contribution in [0.4, 0.5) is 0 Å². The number of aromatic nitrogens is 2. The fourth-order valence-electron chi connectivity index (χ4n) is 2.08. The van der Waals surface area contributed by atoms with Crippen LogP contribution >= 0.6 is 0 Å². The molecular weight excluding hydrogens is 228 g/mol. The predicted octanol–water partition coefficient (Wildman–Crippen LogP) is 1.94. The third-order valence-electron chi connectivity index (χ3n) is 3.13. The van der Waals surface area contributed by atoms with Crippen LogP contribution in [0.25, 0.3) is 10.9 Å². The van der Waals surface area contributed by atoms with Crippen LogP contribution in [0.1, 0.15) is 26.0 Å². The van der Waals surface area contributed by atoms with Crippen LogP contribution < -0.4 is 0 Å². The van der Waals surface area contributed by atoms with Gasteiger partial charge in [-0.1, -0.05) is 25.1 Å². The number of aryl methyl sites for hydroxylation is 1. The van der Waals surface area contributed by atoms with E-state index in [-0.39, 0.29) is 12.2 Å². The zero-order chi connectivity index (χ0) is 13.1. The number of para-hydroxylation sites is 1. The minimum absolute atomic E-state index is 0.163. The van der Waals surface area contributed by atoms with Crippen LogP contribution in [0.2, 0.25) is 0 Å². The van der Waals surface area contributed by atoms with Crippen molar-refractivity contribution < 1.29 is 9.90 Å². The lowest BCUT2D eigenvalue weighted by molar-refractivity contribution is -0.126. The Bertz CT molecular complexity index is 560. The average Bonchev–Trinajstić information content (AvgIpc) is 2.76. The number of fused-ring (bicyclic) bond motifs is 1. The molecule has 0 fully saturated rings. The highest BCUT2D eigenvalue weighted by Crippen LogP contribution is 2.19. The number of aliphatic hydroxyl groups is 1. The number of hydrogen-bond acceptors (Lipinski definition) is 3. The molecule has 1 atom stereocenters. The highest BCUT2D eigenvalue weighted by Gasteiger charge is 2.17. The molecule has 18 heavy (non-hydrogen) atoms. The van der Waals surface area contributed by atoms with Crippen LogP contribution in [0.15, 0.2) is 24.3 Å². The minimum atomic E-state index is -0.879. The summed E-state index contributed by atoms with van der Waals surface area (Å²) in [7, 11) is 0. The molecule has 1 aromatic heterocycles. The molecule has 1 N–H and O–H groups in total. The van der Waals surface area contributed by atoms with Crippen molar-refractivity contribution in [3.05, 3.63) is 30.0 Å². The molecule has 1 aromatic carbocycles. The fourth-order valence-corrected chi connectivity index (χ4v) is 2.08. The molecule has 4 nitrogen and oxygen atoms in total. The maximum Gasteiger partial charge on any atom is 0.167 e. The molecule has 0 bridgehead atoms. The van der Waals surface area contributed by atoms with Gasteiger partial charge in [-0.25, -0.2) is 0 Å². The Morgan fingerprint density at radius 3 is 2.78 bits per heavy atom. The van der Waals surface area contributed by atoms with Crippen LogP contribution in [-0.2, 0) is 17.8 Å². The van der Waals surface area contributed by atoms with Gasteiger partial charge < -0.3 is 5.11 Å². The van der Waals surface area contributed by atoms with Crippen molar-refractivity contribution >= 4 is 16.7 Å². The van der Waals surface area contributed by atoms with Crippen molar-refractivity contribution in [1.82, 2.24) is 9.78 Å². The third kappa shape index (κ3) is 2.29. The van der Waals surface area contributed by atoms with E-state index in [2.05, 4.69) is 5.10 Å². The molecule has 0 aliphatic heterocycles. The van der Waals surface area contributed by atoms with E-state index >= 15 is 0 Å². The molecule has 0 aliphatic rings. The van der Waals surface area contributed by atoms with Gasteiger partial charge in [-0.05, 0) is 19.4 Å². The SMILES string of the molecule is CCC(O)C(=O)Cc1nn(CC)c2ccccc12. The lowest BCUT2D eigenvalue weighted by Crippen LogP contribution is -2.21. The molecule has 0 saturated carbocycles. The van der Waals surface area contributed by atoms with Gasteiger partial charge in [-0.3, -0.25) is 9.48 Å². The van der Waals surface area contributed by atoms with Gasteiger partial charge in [0.05, 0.1) is 17.6 Å².